The number of hydrogen-bond acceptors (Lipinski definition) is 5. The van der Waals surface area contributed by atoms with Crippen molar-refractivity contribution in [2.24, 2.45) is 0 Å². The van der Waals surface area contributed by atoms with Crippen LogP contribution in [-0.4, -0.2) is 18.6 Å². The molecule has 174 valence electrons. The van der Waals surface area contributed by atoms with Crippen molar-refractivity contribution in [1.29, 1.82) is 0 Å². The van der Waals surface area contributed by atoms with E-state index in [0.717, 1.165) is 0 Å². The molecule has 1 heterocycles. The molecule has 1 aliphatic rings. The highest BCUT2D eigenvalue weighted by Crippen LogP contribution is 2.59. The van der Waals surface area contributed by atoms with Gasteiger partial charge in [0.25, 0.3) is 10.1 Å². The normalized spacial score (nSPS) is 16.1. The molecule has 0 saturated heterocycles. The molecule has 2 N–H and O–H groups in total. The van der Waals surface area contributed by atoms with Crippen LogP contribution in [0.5, 0.6) is 11.5 Å². The fourth-order valence-electron chi connectivity index (χ4n) is 3.50. The SMILES string of the molecule is O=S1(=O)OC(c2cc(I)c(O)c(I)c2)(c2cc(I)c(O)c(I)c2)c2c(Br)c(Br)c(Br)c(Br)c21. The standard InChI is InChI=1S/C19H6Br4I4O5S/c20-12-11-18(15(23)14(22)13(12)21)33(30,31)32-19(11,5-1-7(24)16(28)8(25)2-5)6-3-9(26)17(29)10(27)4-6/h1-4,28-29H. The molecule has 1 aliphatic heterocycles. The van der Waals surface area contributed by atoms with E-state index in [2.05, 4.69) is 63.7 Å². The molecule has 0 aliphatic carbocycles. The third-order valence-corrected chi connectivity index (χ3v) is 14.6. The Morgan fingerprint density at radius 3 is 1.45 bits per heavy atom. The van der Waals surface area contributed by atoms with Gasteiger partial charge in [0.05, 0.1) is 18.8 Å². The van der Waals surface area contributed by atoms with Crippen LogP contribution in [-0.2, 0) is 19.9 Å². The fraction of sp³-hybridized carbons (Fsp3) is 0.0526. The molecule has 0 unspecified atom stereocenters. The molecule has 33 heavy (non-hydrogen) atoms. The first-order chi connectivity index (χ1) is 15.2. The number of fused-ring (bicyclic) bond motifs is 1. The van der Waals surface area contributed by atoms with Crippen LogP contribution in [0.1, 0.15) is 16.7 Å². The Balaban J connectivity index is 2.29. The molecule has 0 aromatic heterocycles. The van der Waals surface area contributed by atoms with E-state index in [1.165, 1.54) is 0 Å². The second-order valence-corrected chi connectivity index (χ2v) is 16.1. The van der Waals surface area contributed by atoms with E-state index in [1.54, 1.807) is 24.3 Å². The molecule has 14 heteroatoms. The number of rotatable bonds is 2. The van der Waals surface area contributed by atoms with Gasteiger partial charge in [-0.05, 0) is 189 Å². The van der Waals surface area contributed by atoms with Crippen molar-refractivity contribution >= 4 is 164 Å². The lowest BCUT2D eigenvalue weighted by molar-refractivity contribution is 0.179. The Hall–Kier alpha value is 2.01. The zero-order valence-corrected chi connectivity index (χ0v) is 31.2. The van der Waals surface area contributed by atoms with Gasteiger partial charge in [0, 0.05) is 19.0 Å². The summed E-state index contributed by atoms with van der Waals surface area (Å²) in [6.07, 6.45) is 0. The maximum absolute atomic E-state index is 13.5. The molecule has 3 aromatic rings. The predicted octanol–water partition coefficient (Wildman–Crippen LogP) is 8.58. The highest BCUT2D eigenvalue weighted by atomic mass is 127. The Kier molecular flexibility index (Phi) is 8.46. The van der Waals surface area contributed by atoms with E-state index in [4.69, 9.17) is 4.18 Å². The Morgan fingerprint density at radius 2 is 1.06 bits per heavy atom. The minimum atomic E-state index is -4.24. The van der Waals surface area contributed by atoms with Crippen molar-refractivity contribution in [3.8, 4) is 11.5 Å². The zero-order valence-electron chi connectivity index (χ0n) is 15.4. The second kappa shape index (κ2) is 9.96. The summed E-state index contributed by atoms with van der Waals surface area (Å²) in [5.74, 6) is 0.201. The monoisotopic (exact) mass is 1170 g/mol. The Bertz CT molecular complexity index is 1380. The summed E-state index contributed by atoms with van der Waals surface area (Å²) in [6, 6.07) is 6.80. The lowest BCUT2D eigenvalue weighted by Crippen LogP contribution is -2.30. The molecule has 4 rings (SSSR count). The van der Waals surface area contributed by atoms with Crippen molar-refractivity contribution in [2.45, 2.75) is 10.5 Å². The summed E-state index contributed by atoms with van der Waals surface area (Å²) >= 11 is 22.0. The molecule has 0 amide bonds. The van der Waals surface area contributed by atoms with Gasteiger partial charge in [0.1, 0.15) is 16.4 Å². The van der Waals surface area contributed by atoms with Crippen LogP contribution < -0.4 is 0 Å². The van der Waals surface area contributed by atoms with Crippen LogP contribution in [0.2, 0.25) is 0 Å². The van der Waals surface area contributed by atoms with Gasteiger partial charge in [0.2, 0.25) is 0 Å². The molecule has 3 aromatic carbocycles. The average molecular weight is 1170 g/mol. The van der Waals surface area contributed by atoms with Crippen LogP contribution in [0, 0.1) is 14.3 Å². The first-order valence-corrected chi connectivity index (χ1v) is 17.3. The molecule has 0 saturated carbocycles. The summed E-state index contributed by atoms with van der Waals surface area (Å²) in [5, 5.41) is 20.8. The number of halogens is 8. The van der Waals surface area contributed by atoms with Crippen molar-refractivity contribution in [3.05, 3.63) is 73.1 Å². The Labute approximate surface area is 277 Å². The van der Waals surface area contributed by atoms with Gasteiger partial charge in [0.15, 0.2) is 5.60 Å². The molecule has 0 spiro atoms. The van der Waals surface area contributed by atoms with Crippen molar-refractivity contribution in [2.75, 3.05) is 0 Å². The van der Waals surface area contributed by atoms with Gasteiger partial charge in [-0.15, -0.1) is 0 Å². The third-order valence-electron chi connectivity index (χ3n) is 4.91. The first kappa shape index (κ1) is 28.0. The maximum atomic E-state index is 13.5. The van der Waals surface area contributed by atoms with Crippen LogP contribution in [0.3, 0.4) is 0 Å². The molecular weight excluding hydrogens is 1170 g/mol. The smallest absolute Gasteiger partial charge is 0.300 e. The van der Waals surface area contributed by atoms with Crippen LogP contribution in [0.25, 0.3) is 0 Å². The Morgan fingerprint density at radius 1 is 0.697 bits per heavy atom. The summed E-state index contributed by atoms with van der Waals surface area (Å²) in [5.41, 5.74) is -0.204. The number of phenols is 2. The maximum Gasteiger partial charge on any atom is 0.300 e. The van der Waals surface area contributed by atoms with E-state index in [-0.39, 0.29) is 16.4 Å². The minimum absolute atomic E-state index is 0.0133. The van der Waals surface area contributed by atoms with Crippen molar-refractivity contribution < 1.29 is 22.8 Å². The molecule has 0 atom stereocenters. The first-order valence-electron chi connectivity index (χ1n) is 8.43. The van der Waals surface area contributed by atoms with Gasteiger partial charge >= 0.3 is 0 Å². The lowest BCUT2D eigenvalue weighted by Gasteiger charge is -2.31. The summed E-state index contributed by atoms with van der Waals surface area (Å²) in [6.45, 7) is 0. The fourth-order valence-corrected chi connectivity index (χ4v) is 11.8. The lowest BCUT2D eigenvalue weighted by atomic mass is 9.80. The number of hydrogen-bond donors (Lipinski definition) is 2. The molecular formula is C19H6Br4I4O5S. The molecule has 0 bridgehead atoms. The molecule has 0 fully saturated rings. The third kappa shape index (κ3) is 4.50. The summed E-state index contributed by atoms with van der Waals surface area (Å²) < 4.78 is 37.1. The van der Waals surface area contributed by atoms with Crippen molar-refractivity contribution in [1.82, 2.24) is 0 Å². The molecule has 0 radical (unpaired) electrons. The van der Waals surface area contributed by atoms with Gasteiger partial charge in [-0.25, -0.2) is 4.18 Å². The highest BCUT2D eigenvalue weighted by molar-refractivity contribution is 14.1. The van der Waals surface area contributed by atoms with E-state index >= 15 is 0 Å². The summed E-state index contributed by atoms with van der Waals surface area (Å²) in [7, 11) is -4.24. The topological polar surface area (TPSA) is 83.8 Å². The number of aromatic hydroxyl groups is 2. The average Bonchev–Trinajstić information content (AvgIpc) is 3.00. The van der Waals surface area contributed by atoms with Crippen LogP contribution >= 0.6 is 154 Å². The number of benzene rings is 3. The van der Waals surface area contributed by atoms with E-state index in [9.17, 15) is 18.6 Å². The van der Waals surface area contributed by atoms with E-state index in [1.807, 2.05) is 90.4 Å². The van der Waals surface area contributed by atoms with Gasteiger partial charge in [-0.2, -0.15) is 8.42 Å². The van der Waals surface area contributed by atoms with Gasteiger partial charge in [-0.3, -0.25) is 0 Å². The van der Waals surface area contributed by atoms with Gasteiger partial charge < -0.3 is 10.2 Å². The second-order valence-electron chi connectivity index (χ2n) is 6.76. The van der Waals surface area contributed by atoms with Crippen LogP contribution in [0.15, 0.2) is 47.1 Å². The number of phenolic OH excluding ortho intramolecular Hbond substituents is 2. The highest BCUT2D eigenvalue weighted by Gasteiger charge is 2.55. The minimum Gasteiger partial charge on any atom is -0.506 e. The summed E-state index contributed by atoms with van der Waals surface area (Å²) in [4.78, 5) is -0.0133. The molecule has 5 nitrogen and oxygen atoms in total. The van der Waals surface area contributed by atoms with E-state index in [0.29, 0.717) is 48.9 Å². The largest absolute Gasteiger partial charge is 0.506 e. The van der Waals surface area contributed by atoms with Gasteiger partial charge in [-0.1, -0.05) is 0 Å². The van der Waals surface area contributed by atoms with Crippen molar-refractivity contribution in [3.63, 3.8) is 0 Å². The quantitative estimate of drug-likeness (QED) is 0.116. The predicted molar refractivity (Wildman–Crippen MR) is 172 cm³/mol. The van der Waals surface area contributed by atoms with E-state index < -0.39 is 15.7 Å². The van der Waals surface area contributed by atoms with Crippen LogP contribution in [0.4, 0.5) is 0 Å². The zero-order chi connectivity index (χ0) is 24.6.